The standard InChI is InChI=1S/C32H38F2N6O/c1-20-9-10-31(15-20,30-37-35-19-38(30)3)23-5-4-6-25(13-23)40-18-27-26(29(40)41)14-24(36-28(27)22-7-8-22)17-39-12-11-32(33,34)21(2)16-39/h4-6,13-14,19-22H,7-12,15-18H2,1-3H3/t20-,21+,31+/m0/s1. The molecule has 3 atom stereocenters. The molecule has 0 unspecified atom stereocenters. The fraction of sp³-hybridized carbons (Fsp3) is 0.562. The molecule has 3 fully saturated rings. The third kappa shape index (κ3) is 4.57. The van der Waals surface area contributed by atoms with Gasteiger partial charge < -0.3 is 9.47 Å². The van der Waals surface area contributed by atoms with E-state index in [0.29, 0.717) is 38.0 Å². The molecule has 1 saturated heterocycles. The third-order valence-electron chi connectivity index (χ3n) is 9.98. The predicted octanol–water partition coefficient (Wildman–Crippen LogP) is 5.83. The fourth-order valence-electron chi connectivity index (χ4n) is 7.48. The lowest BCUT2D eigenvalue weighted by Crippen LogP contribution is -2.45. The number of piperidine rings is 1. The zero-order valence-corrected chi connectivity index (χ0v) is 24.1. The van der Waals surface area contributed by atoms with Gasteiger partial charge in [-0.2, -0.15) is 0 Å². The Morgan fingerprint density at radius 1 is 1.10 bits per heavy atom. The lowest BCUT2D eigenvalue weighted by Gasteiger charge is -2.36. The number of fused-ring (bicyclic) bond motifs is 1. The van der Waals surface area contributed by atoms with Crippen LogP contribution < -0.4 is 4.90 Å². The smallest absolute Gasteiger partial charge is 0.259 e. The van der Waals surface area contributed by atoms with Crippen LogP contribution in [0.2, 0.25) is 0 Å². The van der Waals surface area contributed by atoms with Gasteiger partial charge in [0, 0.05) is 67.4 Å². The van der Waals surface area contributed by atoms with Crippen molar-refractivity contribution in [1.82, 2.24) is 24.6 Å². The van der Waals surface area contributed by atoms with Crippen LogP contribution in [0.3, 0.4) is 0 Å². The summed E-state index contributed by atoms with van der Waals surface area (Å²) in [5.74, 6) is -1.38. The molecule has 216 valence electrons. The molecule has 1 amide bonds. The molecule has 0 radical (unpaired) electrons. The first-order valence-electron chi connectivity index (χ1n) is 15.0. The Balaban J connectivity index is 1.20. The van der Waals surface area contributed by atoms with E-state index in [1.54, 1.807) is 13.3 Å². The highest BCUT2D eigenvalue weighted by atomic mass is 19.3. The minimum absolute atomic E-state index is 0.00579. The van der Waals surface area contributed by atoms with Crippen LogP contribution >= 0.6 is 0 Å². The number of pyridine rings is 1. The van der Waals surface area contributed by atoms with Crippen molar-refractivity contribution >= 4 is 11.6 Å². The predicted molar refractivity (Wildman–Crippen MR) is 152 cm³/mol. The Hall–Kier alpha value is -3.20. The normalized spacial score (nSPS) is 27.9. The molecule has 9 heteroatoms. The van der Waals surface area contributed by atoms with Crippen LogP contribution in [0.5, 0.6) is 0 Å². The Kier molecular flexibility index (Phi) is 6.30. The van der Waals surface area contributed by atoms with Gasteiger partial charge in [0.25, 0.3) is 11.8 Å². The topological polar surface area (TPSA) is 67.2 Å². The largest absolute Gasteiger partial charge is 0.320 e. The van der Waals surface area contributed by atoms with E-state index in [4.69, 9.17) is 4.98 Å². The molecule has 3 aromatic rings. The van der Waals surface area contributed by atoms with Crippen LogP contribution in [0.4, 0.5) is 14.5 Å². The van der Waals surface area contributed by atoms with E-state index < -0.39 is 11.8 Å². The number of hydrogen-bond donors (Lipinski definition) is 0. The van der Waals surface area contributed by atoms with E-state index >= 15 is 0 Å². The number of rotatable bonds is 6. The van der Waals surface area contributed by atoms with Gasteiger partial charge in [-0.1, -0.05) is 26.0 Å². The highest BCUT2D eigenvalue weighted by Crippen LogP contribution is 2.49. The van der Waals surface area contributed by atoms with Crippen LogP contribution in [0.15, 0.2) is 36.7 Å². The molecule has 0 bridgehead atoms. The van der Waals surface area contributed by atoms with Crippen LogP contribution in [0.1, 0.15) is 97.0 Å². The molecule has 0 N–H and O–H groups in total. The summed E-state index contributed by atoms with van der Waals surface area (Å²) in [4.78, 5) is 23.0. The van der Waals surface area contributed by atoms with Gasteiger partial charge in [0.05, 0.1) is 17.7 Å². The number of anilines is 1. The second-order valence-corrected chi connectivity index (χ2v) is 13.1. The molecule has 2 aliphatic carbocycles. The molecule has 2 saturated carbocycles. The molecule has 4 heterocycles. The van der Waals surface area contributed by atoms with E-state index in [0.717, 1.165) is 66.1 Å². The monoisotopic (exact) mass is 560 g/mol. The minimum atomic E-state index is -2.62. The maximum atomic E-state index is 14.1. The lowest BCUT2D eigenvalue weighted by molar-refractivity contribution is -0.100. The number of amides is 1. The fourth-order valence-corrected chi connectivity index (χ4v) is 7.48. The molecule has 7 rings (SSSR count). The van der Waals surface area contributed by atoms with Crippen molar-refractivity contribution in [1.29, 1.82) is 0 Å². The average molecular weight is 561 g/mol. The quantitative estimate of drug-likeness (QED) is 0.380. The first kappa shape index (κ1) is 26.7. The van der Waals surface area contributed by atoms with E-state index in [1.165, 1.54) is 5.56 Å². The number of aryl methyl sites for hydroxylation is 1. The number of carbonyl (C=O) groups excluding carboxylic acids is 1. The molecule has 2 aromatic heterocycles. The molecule has 7 nitrogen and oxygen atoms in total. The first-order valence-corrected chi connectivity index (χ1v) is 15.0. The molecular formula is C32H38F2N6O. The maximum absolute atomic E-state index is 14.1. The van der Waals surface area contributed by atoms with Crippen LogP contribution in [0, 0.1) is 11.8 Å². The van der Waals surface area contributed by atoms with Crippen molar-refractivity contribution in [3.8, 4) is 0 Å². The Labute approximate surface area is 240 Å². The number of hydrogen-bond acceptors (Lipinski definition) is 5. The van der Waals surface area contributed by atoms with Crippen LogP contribution in [-0.4, -0.2) is 49.6 Å². The highest BCUT2D eigenvalue weighted by Gasteiger charge is 2.45. The van der Waals surface area contributed by atoms with Gasteiger partial charge in [0.15, 0.2) is 0 Å². The average Bonchev–Trinajstić information content (AvgIpc) is 3.45. The molecule has 41 heavy (non-hydrogen) atoms. The third-order valence-corrected chi connectivity index (χ3v) is 9.98. The van der Waals surface area contributed by atoms with Crippen molar-refractivity contribution in [2.45, 2.75) is 82.7 Å². The second-order valence-electron chi connectivity index (χ2n) is 13.1. The van der Waals surface area contributed by atoms with Gasteiger partial charge in [0.1, 0.15) is 12.2 Å². The van der Waals surface area contributed by atoms with E-state index in [-0.39, 0.29) is 17.7 Å². The van der Waals surface area contributed by atoms with Crippen LogP contribution in [0.25, 0.3) is 0 Å². The highest BCUT2D eigenvalue weighted by molar-refractivity contribution is 6.10. The van der Waals surface area contributed by atoms with Crippen molar-refractivity contribution < 1.29 is 13.6 Å². The molecule has 2 aliphatic heterocycles. The molecule has 1 aromatic carbocycles. The second kappa shape index (κ2) is 9.68. The molecule has 0 spiro atoms. The summed E-state index contributed by atoms with van der Waals surface area (Å²) < 4.78 is 30.2. The number of benzene rings is 1. The van der Waals surface area contributed by atoms with E-state index in [9.17, 15) is 13.6 Å². The first-order chi connectivity index (χ1) is 19.6. The summed E-state index contributed by atoms with van der Waals surface area (Å²) >= 11 is 0. The van der Waals surface area contributed by atoms with Gasteiger partial charge in [-0.25, -0.2) is 8.78 Å². The van der Waals surface area contributed by atoms with Gasteiger partial charge in [-0.3, -0.25) is 14.7 Å². The van der Waals surface area contributed by atoms with Crippen LogP contribution in [-0.2, 0) is 25.6 Å². The van der Waals surface area contributed by atoms with Crippen molar-refractivity contribution in [3.63, 3.8) is 0 Å². The summed E-state index contributed by atoms with van der Waals surface area (Å²) in [7, 11) is 2.00. The van der Waals surface area contributed by atoms with Crippen molar-refractivity contribution in [2.24, 2.45) is 18.9 Å². The number of halogens is 2. The number of aromatic nitrogens is 4. The summed E-state index contributed by atoms with van der Waals surface area (Å²) in [5.41, 5.74) is 5.43. The Bertz CT molecular complexity index is 1500. The van der Waals surface area contributed by atoms with Gasteiger partial charge in [0.2, 0.25) is 0 Å². The summed E-state index contributed by atoms with van der Waals surface area (Å²) in [5, 5.41) is 8.74. The zero-order chi connectivity index (χ0) is 28.5. The lowest BCUT2D eigenvalue weighted by atomic mass is 9.77. The Morgan fingerprint density at radius 3 is 2.61 bits per heavy atom. The van der Waals surface area contributed by atoms with Crippen molar-refractivity contribution in [2.75, 3.05) is 18.0 Å². The van der Waals surface area contributed by atoms with Gasteiger partial charge in [-0.15, -0.1) is 10.2 Å². The number of carbonyl (C=O) groups is 1. The molecule has 4 aliphatic rings. The zero-order valence-electron chi connectivity index (χ0n) is 24.1. The summed E-state index contributed by atoms with van der Waals surface area (Å²) in [6.07, 6.45) is 6.92. The summed E-state index contributed by atoms with van der Waals surface area (Å²) in [6.45, 7) is 5.60. The number of nitrogens with zero attached hydrogens (tertiary/aromatic N) is 6. The SMILES string of the molecule is C[C@H]1CC[C@@](c2cccc(N3Cc4c(cc(CN5CCC(F)(F)[C@H](C)C5)nc4C4CC4)C3=O)c2)(c2nncn2C)C1. The van der Waals surface area contributed by atoms with E-state index in [1.807, 2.05) is 28.6 Å². The molecular weight excluding hydrogens is 522 g/mol. The van der Waals surface area contributed by atoms with Gasteiger partial charge >= 0.3 is 0 Å². The Morgan fingerprint density at radius 2 is 1.93 bits per heavy atom. The number of alkyl halides is 2. The summed E-state index contributed by atoms with van der Waals surface area (Å²) in [6, 6.07) is 10.3. The van der Waals surface area contributed by atoms with Crippen molar-refractivity contribution in [3.05, 3.63) is 70.6 Å². The maximum Gasteiger partial charge on any atom is 0.259 e. The minimum Gasteiger partial charge on any atom is -0.320 e. The van der Waals surface area contributed by atoms with E-state index in [2.05, 4.69) is 40.2 Å². The number of likely N-dealkylation sites (tertiary alicyclic amines) is 1. The van der Waals surface area contributed by atoms with Gasteiger partial charge in [-0.05, 0) is 61.8 Å².